The van der Waals surface area contributed by atoms with Crippen molar-refractivity contribution < 1.29 is 8.42 Å². The Morgan fingerprint density at radius 1 is 1.14 bits per heavy atom. The van der Waals surface area contributed by atoms with Crippen LogP contribution in [0.4, 0.5) is 0 Å². The van der Waals surface area contributed by atoms with Gasteiger partial charge in [0.25, 0.3) is 0 Å². The summed E-state index contributed by atoms with van der Waals surface area (Å²) in [6.45, 7) is 8.66. The molecule has 1 aromatic carbocycles. The Bertz CT molecular complexity index is 885. The first-order valence-electron chi connectivity index (χ1n) is 10.0. The van der Waals surface area contributed by atoms with Gasteiger partial charge in [0.2, 0.25) is 0 Å². The molecule has 0 aliphatic carbocycles. The van der Waals surface area contributed by atoms with Crippen LogP contribution in [0.3, 0.4) is 0 Å². The van der Waals surface area contributed by atoms with Crippen LogP contribution in [-0.2, 0) is 22.8 Å². The van der Waals surface area contributed by atoms with Gasteiger partial charge in [-0.2, -0.15) is 0 Å². The van der Waals surface area contributed by atoms with E-state index in [1.54, 1.807) is 12.1 Å². The van der Waals surface area contributed by atoms with Gasteiger partial charge < -0.3 is 10.2 Å². The van der Waals surface area contributed by atoms with Crippen LogP contribution in [0.25, 0.3) is 0 Å². The molecule has 3 rings (SSSR count). The number of benzene rings is 1. The van der Waals surface area contributed by atoms with E-state index in [9.17, 15) is 8.42 Å². The van der Waals surface area contributed by atoms with Crippen LogP contribution in [0.1, 0.15) is 17.4 Å². The molecule has 29 heavy (non-hydrogen) atoms. The van der Waals surface area contributed by atoms with Crippen molar-refractivity contribution in [3.05, 3.63) is 52.2 Å². The molecule has 0 bridgehead atoms. The van der Waals surface area contributed by atoms with E-state index in [2.05, 4.69) is 39.6 Å². The molecular weight excluding hydrogens is 404 g/mol. The van der Waals surface area contributed by atoms with Gasteiger partial charge in [-0.05, 0) is 42.5 Å². The number of hydrogen-bond acceptors (Lipinski definition) is 5. The summed E-state index contributed by atoms with van der Waals surface area (Å²) in [6.07, 6.45) is 2.02. The summed E-state index contributed by atoms with van der Waals surface area (Å²) >= 11 is 1.82. The van der Waals surface area contributed by atoms with Crippen molar-refractivity contribution in [3.63, 3.8) is 0 Å². The van der Waals surface area contributed by atoms with Gasteiger partial charge in [-0.25, -0.2) is 8.42 Å². The van der Waals surface area contributed by atoms with Gasteiger partial charge in [0, 0.05) is 56.9 Å². The van der Waals surface area contributed by atoms with Crippen molar-refractivity contribution in [1.29, 1.82) is 0 Å². The molecule has 1 N–H and O–H groups in total. The third-order valence-electron chi connectivity index (χ3n) is 4.98. The number of guanidine groups is 1. The highest BCUT2D eigenvalue weighted by Crippen LogP contribution is 2.14. The lowest BCUT2D eigenvalue weighted by atomic mass is 10.1. The summed E-state index contributed by atoms with van der Waals surface area (Å²) in [6, 6.07) is 11.4. The van der Waals surface area contributed by atoms with Gasteiger partial charge in [0.15, 0.2) is 15.8 Å². The number of aliphatic imine (C=N–C) groups is 1. The average molecular weight is 435 g/mol. The fourth-order valence-corrected chi connectivity index (χ4v) is 4.74. The molecule has 158 valence electrons. The van der Waals surface area contributed by atoms with E-state index in [0.29, 0.717) is 11.4 Å². The van der Waals surface area contributed by atoms with Gasteiger partial charge >= 0.3 is 0 Å². The quantitative estimate of drug-likeness (QED) is 0.536. The first kappa shape index (κ1) is 21.8. The lowest BCUT2D eigenvalue weighted by molar-refractivity contribution is 0.173. The molecule has 0 unspecified atom stereocenters. The molecule has 0 spiro atoms. The number of hydrogen-bond donors (Lipinski definition) is 1. The highest BCUT2D eigenvalue weighted by atomic mass is 32.2. The molecule has 0 radical (unpaired) electrons. The van der Waals surface area contributed by atoms with Crippen LogP contribution >= 0.6 is 11.3 Å². The number of nitrogens with one attached hydrogen (secondary N) is 1. The SMILES string of the molecule is CCNC(=NCCc1ccc(S(C)(=O)=O)cc1)N1CCN(Cc2cccs2)CC1. The average Bonchev–Trinajstić information content (AvgIpc) is 3.21. The van der Waals surface area contributed by atoms with E-state index in [1.165, 1.54) is 11.1 Å². The lowest BCUT2D eigenvalue weighted by Crippen LogP contribution is -2.52. The minimum absolute atomic E-state index is 0.360. The maximum Gasteiger partial charge on any atom is 0.194 e. The van der Waals surface area contributed by atoms with Gasteiger partial charge in [-0.1, -0.05) is 18.2 Å². The zero-order valence-corrected chi connectivity index (χ0v) is 18.8. The van der Waals surface area contributed by atoms with Crippen LogP contribution in [-0.4, -0.2) is 69.7 Å². The Morgan fingerprint density at radius 3 is 2.45 bits per heavy atom. The molecule has 0 amide bonds. The zero-order valence-electron chi connectivity index (χ0n) is 17.2. The number of piperazine rings is 1. The van der Waals surface area contributed by atoms with Gasteiger partial charge in [-0.15, -0.1) is 11.3 Å². The topological polar surface area (TPSA) is 65.0 Å². The molecule has 1 saturated heterocycles. The Hall–Kier alpha value is -1.90. The highest BCUT2D eigenvalue weighted by molar-refractivity contribution is 7.90. The molecule has 1 aliphatic rings. The smallest absolute Gasteiger partial charge is 0.194 e. The van der Waals surface area contributed by atoms with E-state index in [4.69, 9.17) is 4.99 Å². The van der Waals surface area contributed by atoms with Crippen molar-refractivity contribution in [2.24, 2.45) is 4.99 Å². The van der Waals surface area contributed by atoms with Crippen LogP contribution in [0, 0.1) is 0 Å². The second-order valence-corrected chi connectivity index (χ2v) is 10.3. The Kier molecular flexibility index (Phi) is 7.69. The molecular formula is C21H30N4O2S2. The largest absolute Gasteiger partial charge is 0.357 e. The fraction of sp³-hybridized carbons (Fsp3) is 0.476. The molecule has 6 nitrogen and oxygen atoms in total. The number of thiophene rings is 1. The van der Waals surface area contributed by atoms with E-state index in [0.717, 1.165) is 57.2 Å². The molecule has 2 aromatic rings. The van der Waals surface area contributed by atoms with Gasteiger partial charge in [0.05, 0.1) is 4.90 Å². The number of sulfone groups is 1. The first-order valence-corrected chi connectivity index (χ1v) is 12.8. The molecule has 0 saturated carbocycles. The summed E-state index contributed by atoms with van der Waals surface area (Å²) in [5, 5.41) is 5.54. The molecule has 1 aliphatic heterocycles. The van der Waals surface area contributed by atoms with Crippen molar-refractivity contribution in [1.82, 2.24) is 15.1 Å². The number of nitrogens with zero attached hydrogens (tertiary/aromatic N) is 3. The fourth-order valence-electron chi connectivity index (χ4n) is 3.36. The third-order valence-corrected chi connectivity index (χ3v) is 6.97. The van der Waals surface area contributed by atoms with Crippen LogP contribution in [0.2, 0.25) is 0 Å². The minimum atomic E-state index is -3.14. The molecule has 8 heteroatoms. The van der Waals surface area contributed by atoms with E-state index in [-0.39, 0.29) is 0 Å². The first-order chi connectivity index (χ1) is 14.0. The summed E-state index contributed by atoms with van der Waals surface area (Å²) in [5.74, 6) is 0.969. The summed E-state index contributed by atoms with van der Waals surface area (Å²) in [5.41, 5.74) is 1.10. The predicted octanol–water partition coefficient (Wildman–Crippen LogP) is 2.48. The summed E-state index contributed by atoms with van der Waals surface area (Å²) < 4.78 is 23.1. The highest BCUT2D eigenvalue weighted by Gasteiger charge is 2.19. The summed E-state index contributed by atoms with van der Waals surface area (Å²) in [7, 11) is -3.14. The van der Waals surface area contributed by atoms with Crippen LogP contribution in [0.15, 0.2) is 51.7 Å². The maximum atomic E-state index is 11.6. The van der Waals surface area contributed by atoms with Crippen LogP contribution < -0.4 is 5.32 Å². The zero-order chi connectivity index (χ0) is 20.7. The second kappa shape index (κ2) is 10.2. The van der Waals surface area contributed by atoms with E-state index in [1.807, 2.05) is 23.5 Å². The van der Waals surface area contributed by atoms with Crippen molar-refractivity contribution >= 4 is 27.1 Å². The molecule has 0 atom stereocenters. The Labute approximate surface area is 178 Å². The molecule has 2 heterocycles. The molecule has 1 aromatic heterocycles. The predicted molar refractivity (Wildman–Crippen MR) is 120 cm³/mol. The van der Waals surface area contributed by atoms with E-state index >= 15 is 0 Å². The minimum Gasteiger partial charge on any atom is -0.357 e. The van der Waals surface area contributed by atoms with Crippen molar-refractivity contribution in [2.45, 2.75) is 24.8 Å². The van der Waals surface area contributed by atoms with Crippen molar-refractivity contribution in [3.8, 4) is 0 Å². The van der Waals surface area contributed by atoms with Gasteiger partial charge in [-0.3, -0.25) is 9.89 Å². The Morgan fingerprint density at radius 2 is 1.86 bits per heavy atom. The maximum absolute atomic E-state index is 11.6. The van der Waals surface area contributed by atoms with E-state index < -0.39 is 9.84 Å². The number of rotatable bonds is 7. The summed E-state index contributed by atoms with van der Waals surface area (Å²) in [4.78, 5) is 11.4. The Balaban J connectivity index is 1.52. The monoisotopic (exact) mass is 434 g/mol. The lowest BCUT2D eigenvalue weighted by Gasteiger charge is -2.36. The van der Waals surface area contributed by atoms with Crippen LogP contribution in [0.5, 0.6) is 0 Å². The normalized spacial score (nSPS) is 16.2. The third kappa shape index (κ3) is 6.55. The standard InChI is InChI=1S/C21H30N4O2S2/c1-3-22-21(23-11-10-18-6-8-20(9-7-18)29(2,26)27)25-14-12-24(13-15-25)17-19-5-4-16-28-19/h4-9,16H,3,10-15,17H2,1-2H3,(H,22,23). The molecule has 1 fully saturated rings. The van der Waals surface area contributed by atoms with Gasteiger partial charge in [0.1, 0.15) is 0 Å². The van der Waals surface area contributed by atoms with Crippen molar-refractivity contribution in [2.75, 3.05) is 45.5 Å². The second-order valence-electron chi connectivity index (χ2n) is 7.24.